The summed E-state index contributed by atoms with van der Waals surface area (Å²) in [6.07, 6.45) is 0. The van der Waals surface area contributed by atoms with Gasteiger partial charge in [-0.2, -0.15) is 9.97 Å². The largest absolute Gasteiger partial charge is 0.309 e. The van der Waals surface area contributed by atoms with Crippen LogP contribution in [0.4, 0.5) is 0 Å². The number of fused-ring (bicyclic) bond motifs is 9. The SMILES string of the molecule is CC1(C)c2ccccc2-n2c3ccc4c(c5ccccc5n4-c4nc(-c5ccccc5)nc(-c5ccccc5)n4)c3c3cccc1c32. The highest BCUT2D eigenvalue weighted by molar-refractivity contribution is 6.29. The van der Waals surface area contributed by atoms with Crippen LogP contribution in [0.25, 0.3) is 78.0 Å². The first-order valence-corrected chi connectivity index (χ1v) is 16.1. The summed E-state index contributed by atoms with van der Waals surface area (Å²) in [6, 6.07) is 49.2. The van der Waals surface area contributed by atoms with Gasteiger partial charge in [-0.15, -0.1) is 0 Å². The molecule has 4 heterocycles. The minimum atomic E-state index is -0.125. The average Bonchev–Trinajstić information content (AvgIpc) is 3.65. The molecular formula is C42H29N5. The number of nitrogens with zero attached hydrogens (tertiary/aromatic N) is 5. The second-order valence-corrected chi connectivity index (χ2v) is 12.9. The smallest absolute Gasteiger partial charge is 0.238 e. The van der Waals surface area contributed by atoms with Crippen LogP contribution in [0, 0.1) is 0 Å². The number of para-hydroxylation sites is 3. The lowest BCUT2D eigenvalue weighted by Crippen LogP contribution is -2.26. The van der Waals surface area contributed by atoms with E-state index < -0.39 is 0 Å². The van der Waals surface area contributed by atoms with Crippen LogP contribution in [0.5, 0.6) is 0 Å². The van der Waals surface area contributed by atoms with Crippen LogP contribution in [0.3, 0.4) is 0 Å². The van der Waals surface area contributed by atoms with E-state index in [-0.39, 0.29) is 5.41 Å². The molecule has 0 N–H and O–H groups in total. The Kier molecular flexibility index (Phi) is 5.28. The topological polar surface area (TPSA) is 48.5 Å². The lowest BCUT2D eigenvalue weighted by Gasteiger charge is -2.34. The van der Waals surface area contributed by atoms with Crippen LogP contribution < -0.4 is 0 Å². The van der Waals surface area contributed by atoms with Gasteiger partial charge in [0.1, 0.15) is 0 Å². The predicted octanol–water partition coefficient (Wildman–Crippen LogP) is 10.0. The molecule has 3 aromatic heterocycles. The molecule has 0 atom stereocenters. The van der Waals surface area contributed by atoms with Gasteiger partial charge in [-0.1, -0.05) is 129 Å². The van der Waals surface area contributed by atoms with E-state index in [2.05, 4.69) is 126 Å². The fraction of sp³-hybridized carbons (Fsp3) is 0.0714. The molecule has 0 amide bonds. The van der Waals surface area contributed by atoms with Crippen molar-refractivity contribution in [2.45, 2.75) is 19.3 Å². The molecule has 0 saturated carbocycles. The van der Waals surface area contributed by atoms with Gasteiger partial charge in [0, 0.05) is 38.1 Å². The van der Waals surface area contributed by atoms with E-state index in [4.69, 9.17) is 15.0 Å². The lowest BCUT2D eigenvalue weighted by atomic mass is 9.75. The van der Waals surface area contributed by atoms with Crippen molar-refractivity contribution in [2.75, 3.05) is 0 Å². The number of rotatable bonds is 3. The maximum atomic E-state index is 5.14. The van der Waals surface area contributed by atoms with Crippen LogP contribution in [-0.2, 0) is 5.41 Å². The molecule has 0 aliphatic carbocycles. The van der Waals surface area contributed by atoms with Crippen molar-refractivity contribution in [1.82, 2.24) is 24.1 Å². The highest BCUT2D eigenvalue weighted by atomic mass is 15.2. The minimum Gasteiger partial charge on any atom is -0.309 e. The van der Waals surface area contributed by atoms with Gasteiger partial charge in [0.2, 0.25) is 5.95 Å². The zero-order valence-corrected chi connectivity index (χ0v) is 26.0. The molecule has 0 fully saturated rings. The standard InChI is InChI=1S/C42H29N5/c1-42(2)30-20-10-12-23-33(30)46-34-24-25-35-36(37(34)29-19-13-21-31(42)38(29)46)28-18-9-11-22-32(28)47(35)41-44-39(26-14-5-3-6-15-26)43-40(45-41)27-16-7-4-8-17-27/h3-25H,1-2H3. The molecule has 1 aliphatic rings. The maximum absolute atomic E-state index is 5.14. The van der Waals surface area contributed by atoms with Crippen molar-refractivity contribution >= 4 is 43.6 Å². The number of benzene rings is 6. The Bertz CT molecular complexity index is 2640. The van der Waals surface area contributed by atoms with Crippen molar-refractivity contribution in [3.05, 3.63) is 151 Å². The Morgan fingerprint density at radius 3 is 1.72 bits per heavy atom. The van der Waals surface area contributed by atoms with Crippen molar-refractivity contribution in [1.29, 1.82) is 0 Å². The summed E-state index contributed by atoms with van der Waals surface area (Å²) in [6.45, 7) is 4.69. The van der Waals surface area contributed by atoms with Crippen molar-refractivity contribution < 1.29 is 0 Å². The zero-order valence-electron chi connectivity index (χ0n) is 26.0. The summed E-state index contributed by atoms with van der Waals surface area (Å²) in [5.74, 6) is 1.89. The van der Waals surface area contributed by atoms with Gasteiger partial charge >= 0.3 is 0 Å². The molecule has 0 saturated heterocycles. The van der Waals surface area contributed by atoms with Crippen LogP contribution in [0.2, 0.25) is 0 Å². The van der Waals surface area contributed by atoms with Gasteiger partial charge in [0.05, 0.1) is 27.8 Å². The number of aromatic nitrogens is 5. The van der Waals surface area contributed by atoms with Gasteiger partial charge in [-0.25, -0.2) is 4.98 Å². The monoisotopic (exact) mass is 603 g/mol. The number of hydrogen-bond donors (Lipinski definition) is 0. The van der Waals surface area contributed by atoms with E-state index in [9.17, 15) is 0 Å². The summed E-state index contributed by atoms with van der Waals surface area (Å²) in [5.41, 5.74) is 10.3. The molecule has 1 aliphatic heterocycles. The quantitative estimate of drug-likeness (QED) is 0.202. The van der Waals surface area contributed by atoms with E-state index in [0.29, 0.717) is 17.6 Å². The van der Waals surface area contributed by atoms with E-state index >= 15 is 0 Å². The molecule has 5 nitrogen and oxygen atoms in total. The minimum absolute atomic E-state index is 0.125. The van der Waals surface area contributed by atoms with Crippen LogP contribution in [0.15, 0.2) is 140 Å². The summed E-state index contributed by atoms with van der Waals surface area (Å²) < 4.78 is 4.70. The fourth-order valence-corrected chi connectivity index (χ4v) is 7.82. The van der Waals surface area contributed by atoms with Crippen molar-refractivity contribution in [3.63, 3.8) is 0 Å². The van der Waals surface area contributed by atoms with E-state index in [0.717, 1.165) is 22.2 Å². The third-order valence-electron chi connectivity index (χ3n) is 9.97. The van der Waals surface area contributed by atoms with Gasteiger partial charge in [-0.3, -0.25) is 4.57 Å². The molecule has 0 bridgehead atoms. The molecule has 47 heavy (non-hydrogen) atoms. The first kappa shape index (κ1) is 26.2. The molecule has 222 valence electrons. The van der Waals surface area contributed by atoms with Gasteiger partial charge in [-0.05, 0) is 35.4 Å². The summed E-state index contributed by atoms with van der Waals surface area (Å²) in [5, 5.41) is 4.90. The third-order valence-corrected chi connectivity index (χ3v) is 9.97. The second kappa shape index (κ2) is 9.47. The van der Waals surface area contributed by atoms with Gasteiger partial charge in [0.25, 0.3) is 0 Å². The van der Waals surface area contributed by atoms with E-state index in [1.165, 1.54) is 49.4 Å². The highest BCUT2D eigenvalue weighted by Crippen LogP contribution is 2.49. The Morgan fingerprint density at radius 1 is 0.447 bits per heavy atom. The Balaban J connectivity index is 1.35. The molecule has 10 rings (SSSR count). The van der Waals surface area contributed by atoms with E-state index in [1.54, 1.807) is 0 Å². The zero-order chi connectivity index (χ0) is 31.3. The average molecular weight is 604 g/mol. The van der Waals surface area contributed by atoms with Crippen molar-refractivity contribution in [3.8, 4) is 34.4 Å². The van der Waals surface area contributed by atoms with Crippen LogP contribution in [0.1, 0.15) is 25.0 Å². The van der Waals surface area contributed by atoms with E-state index in [1.807, 2.05) is 36.4 Å². The first-order chi connectivity index (χ1) is 23.1. The molecule has 0 spiro atoms. The first-order valence-electron chi connectivity index (χ1n) is 16.1. The molecule has 0 radical (unpaired) electrons. The Hall–Kier alpha value is -6.07. The van der Waals surface area contributed by atoms with Crippen LogP contribution >= 0.6 is 0 Å². The predicted molar refractivity (Wildman–Crippen MR) is 192 cm³/mol. The van der Waals surface area contributed by atoms with Crippen LogP contribution in [-0.4, -0.2) is 24.1 Å². The highest BCUT2D eigenvalue weighted by Gasteiger charge is 2.35. The molecule has 5 heteroatoms. The number of hydrogen-bond acceptors (Lipinski definition) is 3. The second-order valence-electron chi connectivity index (χ2n) is 12.9. The van der Waals surface area contributed by atoms with Gasteiger partial charge < -0.3 is 4.57 Å². The molecular weight excluding hydrogens is 574 g/mol. The lowest BCUT2D eigenvalue weighted by molar-refractivity contribution is 0.630. The molecule has 9 aromatic rings. The summed E-state index contributed by atoms with van der Waals surface area (Å²) in [7, 11) is 0. The Labute approximate surface area is 271 Å². The third kappa shape index (κ3) is 3.57. The Morgan fingerprint density at radius 2 is 1.00 bits per heavy atom. The summed E-state index contributed by atoms with van der Waals surface area (Å²) in [4.78, 5) is 15.3. The normalized spacial score (nSPS) is 13.5. The maximum Gasteiger partial charge on any atom is 0.238 e. The molecule has 6 aromatic carbocycles. The fourth-order valence-electron chi connectivity index (χ4n) is 7.82. The molecule has 0 unspecified atom stereocenters. The van der Waals surface area contributed by atoms with Crippen molar-refractivity contribution in [2.24, 2.45) is 0 Å². The van der Waals surface area contributed by atoms with Gasteiger partial charge in [0.15, 0.2) is 11.6 Å². The summed E-state index contributed by atoms with van der Waals surface area (Å²) >= 11 is 0.